The Morgan fingerprint density at radius 1 is 1.10 bits per heavy atom. The van der Waals surface area contributed by atoms with Crippen LogP contribution >= 0.6 is 15.9 Å². The molecule has 5 heteroatoms. The minimum atomic E-state index is 0.666. The molecular weight excluding hydrogens is 316 g/mol. The molecule has 0 atom stereocenters. The largest absolute Gasteiger partial charge is 0.378 e. The van der Waals surface area contributed by atoms with E-state index in [1.807, 2.05) is 18.5 Å². The molecule has 0 saturated heterocycles. The van der Waals surface area contributed by atoms with Crippen molar-refractivity contribution in [2.45, 2.75) is 13.5 Å². The zero-order valence-corrected chi connectivity index (χ0v) is 13.0. The fourth-order valence-electron chi connectivity index (χ4n) is 2.11. The van der Waals surface area contributed by atoms with Crippen LogP contribution in [0.3, 0.4) is 0 Å². The summed E-state index contributed by atoms with van der Waals surface area (Å²) < 4.78 is 3.09. The highest BCUT2D eigenvalue weighted by molar-refractivity contribution is 9.10. The average molecular weight is 331 g/mol. The molecule has 3 rings (SSSR count). The van der Waals surface area contributed by atoms with Crippen LogP contribution in [0.15, 0.2) is 40.9 Å². The number of nitrogens with zero attached hydrogens (tertiary/aromatic N) is 3. The first-order valence-electron chi connectivity index (χ1n) is 6.41. The molecule has 2 aromatic carbocycles. The molecule has 1 aromatic heterocycles. The number of anilines is 1. The van der Waals surface area contributed by atoms with Crippen molar-refractivity contribution in [3.8, 4) is 0 Å². The summed E-state index contributed by atoms with van der Waals surface area (Å²) >= 11 is 3.49. The van der Waals surface area contributed by atoms with Gasteiger partial charge in [-0.25, -0.2) is 0 Å². The molecule has 1 N–H and O–H groups in total. The quantitative estimate of drug-likeness (QED) is 0.797. The van der Waals surface area contributed by atoms with Crippen molar-refractivity contribution < 1.29 is 0 Å². The molecule has 0 saturated carbocycles. The van der Waals surface area contributed by atoms with Crippen molar-refractivity contribution in [1.82, 2.24) is 14.8 Å². The third-order valence-corrected chi connectivity index (χ3v) is 3.93. The Morgan fingerprint density at radius 2 is 1.85 bits per heavy atom. The van der Waals surface area contributed by atoms with Crippen LogP contribution in [0, 0.1) is 6.92 Å². The summed E-state index contributed by atoms with van der Waals surface area (Å²) in [6, 6.07) is 12.6. The van der Waals surface area contributed by atoms with Gasteiger partial charge in [-0.3, -0.25) is 0 Å². The van der Waals surface area contributed by atoms with E-state index < -0.39 is 0 Å². The number of rotatable bonds is 3. The summed E-state index contributed by atoms with van der Waals surface area (Å²) in [5.41, 5.74) is 1.08. The lowest BCUT2D eigenvalue weighted by molar-refractivity contribution is 0.789. The smallest absolute Gasteiger partial charge is 0.152 e. The highest BCUT2D eigenvalue weighted by atomic mass is 79.9. The summed E-state index contributed by atoms with van der Waals surface area (Å²) in [7, 11) is 1.98. The number of aryl methyl sites for hydroxylation is 1. The van der Waals surface area contributed by atoms with Crippen molar-refractivity contribution in [2.24, 2.45) is 7.05 Å². The van der Waals surface area contributed by atoms with Crippen LogP contribution in [0.25, 0.3) is 10.8 Å². The van der Waals surface area contributed by atoms with Gasteiger partial charge in [0.05, 0.1) is 6.54 Å². The number of hydrogen-bond acceptors (Lipinski definition) is 3. The molecule has 0 aliphatic rings. The van der Waals surface area contributed by atoms with Crippen LogP contribution in [0.2, 0.25) is 0 Å². The molecule has 1 heterocycles. The first kappa shape index (κ1) is 13.1. The highest BCUT2D eigenvalue weighted by Gasteiger charge is 2.04. The molecule has 0 radical (unpaired) electrons. The van der Waals surface area contributed by atoms with E-state index in [4.69, 9.17) is 0 Å². The van der Waals surface area contributed by atoms with Crippen LogP contribution in [0.4, 0.5) is 5.69 Å². The Kier molecular flexibility index (Phi) is 3.44. The van der Waals surface area contributed by atoms with E-state index in [1.54, 1.807) is 0 Å². The van der Waals surface area contributed by atoms with Gasteiger partial charge in [-0.05, 0) is 42.0 Å². The zero-order chi connectivity index (χ0) is 14.1. The molecule has 0 aliphatic heterocycles. The van der Waals surface area contributed by atoms with Crippen LogP contribution in [0.5, 0.6) is 0 Å². The maximum atomic E-state index is 4.15. The summed E-state index contributed by atoms with van der Waals surface area (Å²) in [6.45, 7) is 2.61. The monoisotopic (exact) mass is 330 g/mol. The van der Waals surface area contributed by atoms with Gasteiger partial charge in [-0.2, -0.15) is 0 Å². The van der Waals surface area contributed by atoms with Crippen molar-refractivity contribution in [2.75, 3.05) is 5.32 Å². The van der Waals surface area contributed by atoms with E-state index in [9.17, 15) is 0 Å². The van der Waals surface area contributed by atoms with Crippen molar-refractivity contribution in [3.05, 3.63) is 52.5 Å². The standard InChI is InChI=1S/C15H15BrN4/c1-10-18-19-15(20(10)2)9-17-14-6-4-11-7-13(16)5-3-12(11)8-14/h3-8,17H,9H2,1-2H3. The fraction of sp³-hybridized carbons (Fsp3) is 0.200. The second kappa shape index (κ2) is 5.25. The minimum Gasteiger partial charge on any atom is -0.378 e. The van der Waals surface area contributed by atoms with Crippen LogP contribution in [0.1, 0.15) is 11.6 Å². The molecular formula is C15H15BrN4. The molecule has 0 aliphatic carbocycles. The second-order valence-electron chi connectivity index (χ2n) is 4.78. The van der Waals surface area contributed by atoms with Crippen molar-refractivity contribution >= 4 is 32.4 Å². The van der Waals surface area contributed by atoms with Gasteiger partial charge in [0.15, 0.2) is 5.82 Å². The van der Waals surface area contributed by atoms with Gasteiger partial charge in [0.2, 0.25) is 0 Å². The minimum absolute atomic E-state index is 0.666. The Bertz CT molecular complexity index is 764. The topological polar surface area (TPSA) is 42.7 Å². The van der Waals surface area contributed by atoms with E-state index >= 15 is 0 Å². The summed E-state index contributed by atoms with van der Waals surface area (Å²) in [5, 5.41) is 14.0. The van der Waals surface area contributed by atoms with E-state index in [2.05, 4.69) is 67.8 Å². The van der Waals surface area contributed by atoms with Crippen LogP contribution in [-0.4, -0.2) is 14.8 Å². The van der Waals surface area contributed by atoms with Crippen LogP contribution in [-0.2, 0) is 13.6 Å². The van der Waals surface area contributed by atoms with E-state index in [1.165, 1.54) is 10.8 Å². The summed E-state index contributed by atoms with van der Waals surface area (Å²) in [6.07, 6.45) is 0. The molecule has 0 fully saturated rings. The average Bonchev–Trinajstić information content (AvgIpc) is 2.76. The first-order chi connectivity index (χ1) is 9.63. The molecule has 0 bridgehead atoms. The number of aromatic nitrogens is 3. The molecule has 4 nitrogen and oxygen atoms in total. The number of halogens is 1. The van der Waals surface area contributed by atoms with E-state index in [0.29, 0.717) is 6.54 Å². The molecule has 0 amide bonds. The number of nitrogens with one attached hydrogen (secondary N) is 1. The van der Waals surface area contributed by atoms with Gasteiger partial charge in [0.25, 0.3) is 0 Å². The maximum absolute atomic E-state index is 4.15. The molecule has 0 spiro atoms. The third-order valence-electron chi connectivity index (χ3n) is 3.44. The Hall–Kier alpha value is -1.88. The molecule has 102 valence electrons. The van der Waals surface area contributed by atoms with Crippen LogP contribution < -0.4 is 5.32 Å². The lowest BCUT2D eigenvalue weighted by atomic mass is 10.1. The molecule has 20 heavy (non-hydrogen) atoms. The Morgan fingerprint density at radius 3 is 2.60 bits per heavy atom. The maximum Gasteiger partial charge on any atom is 0.152 e. The van der Waals surface area contributed by atoms with Gasteiger partial charge >= 0.3 is 0 Å². The number of benzene rings is 2. The lowest BCUT2D eigenvalue weighted by Crippen LogP contribution is -2.06. The SMILES string of the molecule is Cc1nnc(CNc2ccc3cc(Br)ccc3c2)n1C. The first-order valence-corrected chi connectivity index (χ1v) is 7.21. The molecule has 0 unspecified atom stereocenters. The van der Waals surface area contributed by atoms with Crippen molar-refractivity contribution in [1.29, 1.82) is 0 Å². The number of fused-ring (bicyclic) bond motifs is 1. The normalized spacial score (nSPS) is 10.9. The van der Waals surface area contributed by atoms with Gasteiger partial charge in [0.1, 0.15) is 5.82 Å². The van der Waals surface area contributed by atoms with Gasteiger partial charge in [-0.15, -0.1) is 10.2 Å². The fourth-order valence-corrected chi connectivity index (χ4v) is 2.49. The number of hydrogen-bond donors (Lipinski definition) is 1. The van der Waals surface area contributed by atoms with E-state index in [0.717, 1.165) is 21.8 Å². The summed E-state index contributed by atoms with van der Waals surface area (Å²) in [5.74, 6) is 1.85. The van der Waals surface area contributed by atoms with Crippen molar-refractivity contribution in [3.63, 3.8) is 0 Å². The Balaban J connectivity index is 1.81. The van der Waals surface area contributed by atoms with E-state index in [-0.39, 0.29) is 0 Å². The zero-order valence-electron chi connectivity index (χ0n) is 11.4. The Labute approximate surface area is 126 Å². The third kappa shape index (κ3) is 2.54. The lowest BCUT2D eigenvalue weighted by Gasteiger charge is -2.08. The second-order valence-corrected chi connectivity index (χ2v) is 5.70. The highest BCUT2D eigenvalue weighted by Crippen LogP contribution is 2.23. The van der Waals surface area contributed by atoms with Gasteiger partial charge < -0.3 is 9.88 Å². The van der Waals surface area contributed by atoms with Gasteiger partial charge in [0, 0.05) is 17.2 Å². The van der Waals surface area contributed by atoms with Gasteiger partial charge in [-0.1, -0.05) is 28.1 Å². The molecule has 3 aromatic rings. The predicted molar refractivity (Wildman–Crippen MR) is 84.7 cm³/mol. The summed E-state index contributed by atoms with van der Waals surface area (Å²) in [4.78, 5) is 0. The predicted octanol–water partition coefficient (Wildman–Crippen LogP) is 3.65.